The van der Waals surface area contributed by atoms with E-state index in [1.807, 2.05) is 48.5 Å². The van der Waals surface area contributed by atoms with E-state index >= 15 is 0 Å². The number of aryl methyl sites for hydroxylation is 1. The van der Waals surface area contributed by atoms with Crippen molar-refractivity contribution in [2.24, 2.45) is 0 Å². The van der Waals surface area contributed by atoms with E-state index < -0.39 is 6.36 Å². The Balaban J connectivity index is 1.18. The van der Waals surface area contributed by atoms with E-state index in [-0.39, 0.29) is 16.9 Å². The molecule has 0 unspecified atom stereocenters. The van der Waals surface area contributed by atoms with E-state index in [0.29, 0.717) is 24.0 Å². The third-order valence-corrected chi connectivity index (χ3v) is 6.48. The van der Waals surface area contributed by atoms with Gasteiger partial charge < -0.3 is 15.4 Å². The highest BCUT2D eigenvalue weighted by molar-refractivity contribution is 7.80. The summed E-state index contributed by atoms with van der Waals surface area (Å²) in [6, 6.07) is 20.7. The number of hydrogen-bond donors (Lipinski definition) is 3. The lowest BCUT2D eigenvalue weighted by Gasteiger charge is -2.15. The SMILES string of the molecule is CC(C)c1ccccc1NC(=S)NC(=O)NCCCCc1ccc(-c2ncn(-c3ccc(OC(F)(F)F)cc3)n2)cc1. The highest BCUT2D eigenvalue weighted by Gasteiger charge is 2.31. The van der Waals surface area contributed by atoms with Gasteiger partial charge in [0.05, 0.1) is 5.69 Å². The summed E-state index contributed by atoms with van der Waals surface area (Å²) in [7, 11) is 0. The topological polar surface area (TPSA) is 93.1 Å². The number of urea groups is 1. The standard InChI is InChI=1S/C30H31F3N6O2S/c1-20(2)25-8-3-4-9-26(25)36-29(42)37-28(40)34-18-6-5-7-21-10-12-22(13-11-21)27-35-19-39(38-27)23-14-16-24(17-15-23)41-30(31,32)33/h3-4,8-17,19-20H,5-7,18H2,1-2H3,(H3,34,36,37,40,42). The average molecular weight is 597 g/mol. The van der Waals surface area contributed by atoms with Crippen LogP contribution >= 0.6 is 12.2 Å². The molecule has 0 spiro atoms. The number of amides is 2. The molecule has 0 fully saturated rings. The number of nitrogens with zero attached hydrogens (tertiary/aromatic N) is 3. The Kier molecular flexibility index (Phi) is 10.1. The first-order valence-corrected chi connectivity index (χ1v) is 13.8. The number of unbranched alkanes of at least 4 members (excludes halogenated alkanes) is 1. The van der Waals surface area contributed by atoms with E-state index in [0.717, 1.165) is 41.6 Å². The highest BCUT2D eigenvalue weighted by atomic mass is 32.1. The third-order valence-electron chi connectivity index (χ3n) is 6.27. The number of alkyl halides is 3. The predicted octanol–water partition coefficient (Wildman–Crippen LogP) is 6.98. The molecule has 0 radical (unpaired) electrons. The van der Waals surface area contributed by atoms with Gasteiger partial charge >= 0.3 is 12.4 Å². The molecule has 2 amide bonds. The van der Waals surface area contributed by atoms with Gasteiger partial charge in [-0.05, 0) is 78.9 Å². The summed E-state index contributed by atoms with van der Waals surface area (Å²) >= 11 is 5.28. The van der Waals surface area contributed by atoms with Crippen LogP contribution in [0, 0.1) is 0 Å². The Morgan fingerprint density at radius 1 is 1.00 bits per heavy atom. The van der Waals surface area contributed by atoms with Gasteiger partial charge in [0.15, 0.2) is 10.9 Å². The number of ether oxygens (including phenoxy) is 1. The molecule has 8 nitrogen and oxygen atoms in total. The van der Waals surface area contributed by atoms with Gasteiger partial charge in [0.25, 0.3) is 0 Å². The number of aromatic nitrogens is 3. The summed E-state index contributed by atoms with van der Waals surface area (Å²) in [5, 5.41) is 13.2. The van der Waals surface area contributed by atoms with E-state index in [2.05, 4.69) is 44.6 Å². The lowest BCUT2D eigenvalue weighted by atomic mass is 10.0. The van der Waals surface area contributed by atoms with Crippen molar-refractivity contribution in [2.75, 3.05) is 11.9 Å². The molecule has 0 aliphatic heterocycles. The van der Waals surface area contributed by atoms with Crippen molar-refractivity contribution in [1.82, 2.24) is 25.4 Å². The summed E-state index contributed by atoms with van der Waals surface area (Å²) in [5.41, 5.74) is 4.50. The minimum absolute atomic E-state index is 0.244. The van der Waals surface area contributed by atoms with Crippen LogP contribution in [0.25, 0.3) is 17.1 Å². The van der Waals surface area contributed by atoms with Crippen LogP contribution in [0.3, 0.4) is 0 Å². The minimum atomic E-state index is -4.74. The molecule has 12 heteroatoms. The van der Waals surface area contributed by atoms with Gasteiger partial charge in [-0.1, -0.05) is 56.3 Å². The molecule has 1 heterocycles. The molecule has 1 aromatic heterocycles. The zero-order valence-corrected chi connectivity index (χ0v) is 23.9. The van der Waals surface area contributed by atoms with E-state index in [1.165, 1.54) is 35.3 Å². The molecule has 0 bridgehead atoms. The largest absolute Gasteiger partial charge is 0.573 e. The van der Waals surface area contributed by atoms with Gasteiger partial charge in [0.2, 0.25) is 0 Å². The molecule has 0 saturated carbocycles. The van der Waals surface area contributed by atoms with Crippen molar-refractivity contribution in [2.45, 2.75) is 45.4 Å². The Bertz CT molecular complexity index is 1490. The Labute approximate surface area is 247 Å². The molecule has 3 aromatic carbocycles. The molecular weight excluding hydrogens is 565 g/mol. The Morgan fingerprint density at radius 3 is 2.40 bits per heavy atom. The zero-order chi connectivity index (χ0) is 30.1. The van der Waals surface area contributed by atoms with Crippen LogP contribution in [-0.4, -0.2) is 38.8 Å². The number of thiocarbonyl (C=S) groups is 1. The van der Waals surface area contributed by atoms with Gasteiger partial charge in [-0.15, -0.1) is 18.3 Å². The second-order valence-electron chi connectivity index (χ2n) is 9.79. The molecule has 4 aromatic rings. The maximum Gasteiger partial charge on any atom is 0.573 e. The summed E-state index contributed by atoms with van der Waals surface area (Å²) in [5.74, 6) is 0.510. The number of carbonyl (C=O) groups is 1. The number of benzene rings is 3. The van der Waals surface area contributed by atoms with Crippen molar-refractivity contribution >= 4 is 29.0 Å². The lowest BCUT2D eigenvalue weighted by Crippen LogP contribution is -2.42. The first-order valence-electron chi connectivity index (χ1n) is 13.4. The molecule has 0 aliphatic carbocycles. The fraction of sp³-hybridized carbons (Fsp3) is 0.267. The van der Waals surface area contributed by atoms with Crippen molar-refractivity contribution in [3.8, 4) is 22.8 Å². The first kappa shape index (κ1) is 30.5. The molecule has 220 valence electrons. The molecule has 0 saturated heterocycles. The molecule has 4 rings (SSSR count). The number of anilines is 1. The van der Waals surface area contributed by atoms with E-state index in [1.54, 1.807) is 0 Å². The quantitative estimate of drug-likeness (QED) is 0.135. The van der Waals surface area contributed by atoms with Crippen molar-refractivity contribution in [3.05, 3.63) is 90.3 Å². The molecule has 0 atom stereocenters. The molecular formula is C30H31F3N6O2S. The predicted molar refractivity (Wildman–Crippen MR) is 160 cm³/mol. The van der Waals surface area contributed by atoms with Crippen LogP contribution in [0.4, 0.5) is 23.7 Å². The van der Waals surface area contributed by atoms with Crippen LogP contribution in [0.2, 0.25) is 0 Å². The maximum absolute atomic E-state index is 12.4. The molecule has 0 aliphatic rings. The number of halogens is 3. The zero-order valence-electron chi connectivity index (χ0n) is 23.1. The minimum Gasteiger partial charge on any atom is -0.406 e. The van der Waals surface area contributed by atoms with Gasteiger partial charge in [0.1, 0.15) is 12.1 Å². The average Bonchev–Trinajstić information content (AvgIpc) is 3.43. The third kappa shape index (κ3) is 9.03. The van der Waals surface area contributed by atoms with Crippen LogP contribution in [0.5, 0.6) is 5.75 Å². The van der Waals surface area contributed by atoms with Crippen molar-refractivity contribution in [1.29, 1.82) is 0 Å². The second-order valence-corrected chi connectivity index (χ2v) is 10.2. The summed E-state index contributed by atoms with van der Waals surface area (Å²) < 4.78 is 42.5. The smallest absolute Gasteiger partial charge is 0.406 e. The van der Waals surface area contributed by atoms with Gasteiger partial charge in [-0.3, -0.25) is 5.32 Å². The molecule has 42 heavy (non-hydrogen) atoms. The number of hydrogen-bond acceptors (Lipinski definition) is 5. The number of nitrogens with one attached hydrogen (secondary N) is 3. The fourth-order valence-corrected chi connectivity index (χ4v) is 4.41. The fourth-order valence-electron chi connectivity index (χ4n) is 4.21. The van der Waals surface area contributed by atoms with Gasteiger partial charge in [-0.2, -0.15) is 0 Å². The van der Waals surface area contributed by atoms with E-state index in [9.17, 15) is 18.0 Å². The maximum atomic E-state index is 12.4. The Morgan fingerprint density at radius 2 is 1.71 bits per heavy atom. The number of para-hydroxylation sites is 1. The summed E-state index contributed by atoms with van der Waals surface area (Å²) in [6.07, 6.45) is -0.729. The van der Waals surface area contributed by atoms with Crippen LogP contribution < -0.4 is 20.7 Å². The van der Waals surface area contributed by atoms with E-state index in [4.69, 9.17) is 12.2 Å². The summed E-state index contributed by atoms with van der Waals surface area (Å²) in [6.45, 7) is 4.71. The molecule has 3 N–H and O–H groups in total. The van der Waals surface area contributed by atoms with Crippen molar-refractivity contribution in [3.63, 3.8) is 0 Å². The van der Waals surface area contributed by atoms with Crippen molar-refractivity contribution < 1.29 is 22.7 Å². The van der Waals surface area contributed by atoms with Crippen LogP contribution in [0.15, 0.2) is 79.1 Å². The van der Waals surface area contributed by atoms with Gasteiger partial charge in [-0.25, -0.2) is 14.5 Å². The number of carbonyl (C=O) groups excluding carboxylic acids is 1. The monoisotopic (exact) mass is 596 g/mol. The second kappa shape index (κ2) is 13.9. The highest BCUT2D eigenvalue weighted by Crippen LogP contribution is 2.25. The van der Waals surface area contributed by atoms with Crippen LogP contribution in [0.1, 0.15) is 43.7 Å². The van der Waals surface area contributed by atoms with Gasteiger partial charge in [0, 0.05) is 17.8 Å². The van der Waals surface area contributed by atoms with Crippen LogP contribution in [-0.2, 0) is 6.42 Å². The Hall–Kier alpha value is -4.45. The summed E-state index contributed by atoms with van der Waals surface area (Å²) in [4.78, 5) is 16.5. The first-order chi connectivity index (χ1) is 20.1. The number of rotatable bonds is 10. The normalized spacial score (nSPS) is 11.3. The lowest BCUT2D eigenvalue weighted by molar-refractivity contribution is -0.274.